The molecule has 0 heterocycles. The van der Waals surface area contributed by atoms with Crippen molar-refractivity contribution in [1.29, 1.82) is 0 Å². The van der Waals surface area contributed by atoms with Crippen molar-refractivity contribution in [1.82, 2.24) is 0 Å². The molecule has 6 heteroatoms. The Morgan fingerprint density at radius 2 is 0.569 bits per heavy atom. The number of carbonyl (C=O) groups excluding carboxylic acids is 3. The van der Waals surface area contributed by atoms with Crippen molar-refractivity contribution < 1.29 is 28.6 Å². The minimum atomic E-state index is -0.810. The zero-order valence-corrected chi connectivity index (χ0v) is 42.5. The smallest absolute Gasteiger partial charge is 0.306 e. The Bertz CT molecular complexity index is 1270. The van der Waals surface area contributed by atoms with E-state index in [9.17, 15) is 14.4 Å². The number of hydrogen-bond donors (Lipinski definition) is 0. The van der Waals surface area contributed by atoms with Gasteiger partial charge >= 0.3 is 17.9 Å². The molecule has 0 aromatic heterocycles. The number of unbranched alkanes of at least 4 members (excludes halogenated alkanes) is 23. The van der Waals surface area contributed by atoms with Crippen molar-refractivity contribution >= 4 is 17.9 Å². The molecule has 65 heavy (non-hydrogen) atoms. The summed E-state index contributed by atoms with van der Waals surface area (Å²) in [5.74, 6) is -0.986. The lowest BCUT2D eigenvalue weighted by Gasteiger charge is -2.18. The molecule has 0 aliphatic carbocycles. The molecular formula is C59H100O6. The van der Waals surface area contributed by atoms with Gasteiger partial charge in [0, 0.05) is 19.3 Å². The van der Waals surface area contributed by atoms with Crippen LogP contribution in [0.4, 0.5) is 0 Å². The molecule has 0 fully saturated rings. The van der Waals surface area contributed by atoms with Gasteiger partial charge in [0.2, 0.25) is 0 Å². The van der Waals surface area contributed by atoms with Crippen molar-refractivity contribution in [2.75, 3.05) is 13.2 Å². The van der Waals surface area contributed by atoms with E-state index in [2.05, 4.69) is 106 Å². The van der Waals surface area contributed by atoms with Crippen LogP contribution in [-0.4, -0.2) is 37.2 Å². The van der Waals surface area contributed by atoms with Crippen LogP contribution in [0.5, 0.6) is 0 Å². The number of hydrogen-bond acceptors (Lipinski definition) is 6. The van der Waals surface area contributed by atoms with E-state index in [1.165, 1.54) is 96.3 Å². The quantitative estimate of drug-likeness (QED) is 0.0262. The first-order chi connectivity index (χ1) is 32.0. The molecule has 0 rings (SSSR count). The first kappa shape index (κ1) is 61.6. The van der Waals surface area contributed by atoms with E-state index in [4.69, 9.17) is 14.2 Å². The van der Waals surface area contributed by atoms with Crippen LogP contribution >= 0.6 is 0 Å². The predicted molar refractivity (Wildman–Crippen MR) is 279 cm³/mol. The van der Waals surface area contributed by atoms with Crippen LogP contribution in [0, 0.1) is 0 Å². The molecule has 372 valence electrons. The van der Waals surface area contributed by atoms with Gasteiger partial charge < -0.3 is 14.2 Å². The van der Waals surface area contributed by atoms with Crippen molar-refractivity contribution in [3.05, 3.63) is 85.1 Å². The molecule has 0 aromatic rings. The second kappa shape index (κ2) is 53.2. The van der Waals surface area contributed by atoms with Crippen molar-refractivity contribution in [3.8, 4) is 0 Å². The third-order valence-corrected chi connectivity index (χ3v) is 11.3. The highest BCUT2D eigenvalue weighted by Gasteiger charge is 2.19. The van der Waals surface area contributed by atoms with Gasteiger partial charge in [0.25, 0.3) is 0 Å². The molecule has 0 radical (unpaired) electrons. The number of carbonyl (C=O) groups is 3. The summed E-state index contributed by atoms with van der Waals surface area (Å²) in [5.41, 5.74) is 0. The van der Waals surface area contributed by atoms with Gasteiger partial charge in [-0.05, 0) is 116 Å². The Labute approximate surface area is 401 Å². The zero-order chi connectivity index (χ0) is 47.2. The van der Waals surface area contributed by atoms with Crippen LogP contribution in [-0.2, 0) is 28.6 Å². The fourth-order valence-corrected chi connectivity index (χ4v) is 7.22. The van der Waals surface area contributed by atoms with Gasteiger partial charge in [0.05, 0.1) is 0 Å². The highest BCUT2D eigenvalue weighted by molar-refractivity contribution is 5.71. The van der Waals surface area contributed by atoms with Gasteiger partial charge in [-0.3, -0.25) is 14.4 Å². The molecule has 6 nitrogen and oxygen atoms in total. The molecule has 0 saturated heterocycles. The average molecular weight is 905 g/mol. The molecule has 0 spiro atoms. The number of esters is 3. The van der Waals surface area contributed by atoms with Crippen LogP contribution in [0.25, 0.3) is 0 Å². The molecule has 1 atom stereocenters. The lowest BCUT2D eigenvalue weighted by atomic mass is 10.1. The van der Waals surface area contributed by atoms with E-state index in [0.29, 0.717) is 19.3 Å². The summed E-state index contributed by atoms with van der Waals surface area (Å²) in [6, 6.07) is 0. The Morgan fingerprint density at radius 1 is 0.308 bits per heavy atom. The SMILES string of the molecule is CCCCC/C=C\C/C=C\CCCCCCCC(=O)OC[C@H](COC(=O)CCC/C=C\C/C=C\C/C=C\CCCCCCCC)OC(=O)CCCCCCC/C=C\C/C=C\CCCCC. The maximum atomic E-state index is 12.8. The normalized spacial score (nSPS) is 12.7. The van der Waals surface area contributed by atoms with E-state index in [0.717, 1.165) is 109 Å². The van der Waals surface area contributed by atoms with Crippen molar-refractivity contribution in [3.63, 3.8) is 0 Å². The largest absolute Gasteiger partial charge is 0.462 e. The topological polar surface area (TPSA) is 78.9 Å². The van der Waals surface area contributed by atoms with Gasteiger partial charge in [-0.1, -0.05) is 202 Å². The molecule has 0 amide bonds. The second-order valence-electron chi connectivity index (χ2n) is 17.8. The first-order valence-corrected chi connectivity index (χ1v) is 27.1. The molecule has 0 aliphatic rings. The van der Waals surface area contributed by atoms with Crippen molar-refractivity contribution in [2.45, 2.75) is 258 Å². The average Bonchev–Trinajstić information content (AvgIpc) is 3.30. The van der Waals surface area contributed by atoms with E-state index in [1.807, 2.05) is 0 Å². The fourth-order valence-electron chi connectivity index (χ4n) is 7.22. The van der Waals surface area contributed by atoms with E-state index >= 15 is 0 Å². The highest BCUT2D eigenvalue weighted by atomic mass is 16.6. The molecule has 0 N–H and O–H groups in total. The summed E-state index contributed by atoms with van der Waals surface area (Å²) in [6.07, 6.45) is 68.5. The molecule has 0 unspecified atom stereocenters. The standard InChI is InChI=1S/C59H100O6/c1-4-7-10-13-16-19-22-25-28-29-32-34-37-40-43-46-49-52-58(61)64-55-56(65-59(62)53-50-47-44-41-38-35-31-27-24-21-18-15-12-9-6-3)54-63-57(60)51-48-45-42-39-36-33-30-26-23-20-17-14-11-8-5-2/h17-18,20-21,25-28,30-32,34,40,43,56H,4-16,19,22-24,29,33,35-39,41-42,44-55H2,1-3H3/b20-17-,21-18-,28-25-,30-26-,31-27-,34-32-,43-40-/t56-/m1/s1. The minimum Gasteiger partial charge on any atom is -0.462 e. The lowest BCUT2D eigenvalue weighted by molar-refractivity contribution is -0.167. The Kier molecular flexibility index (Phi) is 50.4. The fraction of sp³-hybridized carbons (Fsp3) is 0.712. The number of allylic oxidation sites excluding steroid dienone is 14. The van der Waals surface area contributed by atoms with Gasteiger partial charge in [-0.2, -0.15) is 0 Å². The summed E-state index contributed by atoms with van der Waals surface area (Å²) in [4.78, 5) is 38.0. The number of rotatable bonds is 48. The molecule has 0 aliphatic heterocycles. The van der Waals surface area contributed by atoms with Gasteiger partial charge in [-0.25, -0.2) is 0 Å². The molecule has 0 bridgehead atoms. The summed E-state index contributed by atoms with van der Waals surface area (Å²) in [7, 11) is 0. The van der Waals surface area contributed by atoms with Gasteiger partial charge in [-0.15, -0.1) is 0 Å². The zero-order valence-electron chi connectivity index (χ0n) is 42.5. The molecule has 0 saturated carbocycles. The lowest BCUT2D eigenvalue weighted by Crippen LogP contribution is -2.30. The first-order valence-electron chi connectivity index (χ1n) is 27.1. The molecular weight excluding hydrogens is 805 g/mol. The minimum absolute atomic E-state index is 0.106. The molecule has 0 aromatic carbocycles. The van der Waals surface area contributed by atoms with Crippen molar-refractivity contribution in [2.24, 2.45) is 0 Å². The maximum absolute atomic E-state index is 12.8. The monoisotopic (exact) mass is 905 g/mol. The Balaban J connectivity index is 4.51. The third kappa shape index (κ3) is 51.4. The summed E-state index contributed by atoms with van der Waals surface area (Å²) < 4.78 is 16.8. The van der Waals surface area contributed by atoms with Gasteiger partial charge in [0.15, 0.2) is 6.10 Å². The van der Waals surface area contributed by atoms with Crippen LogP contribution < -0.4 is 0 Å². The van der Waals surface area contributed by atoms with Gasteiger partial charge in [0.1, 0.15) is 13.2 Å². The third-order valence-electron chi connectivity index (χ3n) is 11.3. The van der Waals surface area contributed by atoms with E-state index in [-0.39, 0.29) is 37.5 Å². The summed E-state index contributed by atoms with van der Waals surface area (Å²) >= 11 is 0. The van der Waals surface area contributed by atoms with E-state index < -0.39 is 6.10 Å². The second-order valence-corrected chi connectivity index (χ2v) is 17.8. The maximum Gasteiger partial charge on any atom is 0.306 e. The Hall–Kier alpha value is -3.41. The highest BCUT2D eigenvalue weighted by Crippen LogP contribution is 2.13. The van der Waals surface area contributed by atoms with Crippen LogP contribution in [0.15, 0.2) is 85.1 Å². The summed E-state index contributed by atoms with van der Waals surface area (Å²) in [5, 5.41) is 0. The number of ether oxygens (including phenoxy) is 3. The van der Waals surface area contributed by atoms with E-state index in [1.54, 1.807) is 0 Å². The Morgan fingerprint density at radius 3 is 0.954 bits per heavy atom. The van der Waals surface area contributed by atoms with Crippen LogP contribution in [0.1, 0.15) is 252 Å². The summed E-state index contributed by atoms with van der Waals surface area (Å²) in [6.45, 7) is 6.51. The van der Waals surface area contributed by atoms with Crippen LogP contribution in [0.2, 0.25) is 0 Å². The predicted octanol–water partition coefficient (Wildman–Crippen LogP) is 18.0. The van der Waals surface area contributed by atoms with Crippen LogP contribution in [0.3, 0.4) is 0 Å².